The first-order valence-electron chi connectivity index (χ1n) is 6.97. The van der Waals surface area contributed by atoms with Gasteiger partial charge in [0.05, 0.1) is 12.7 Å². The smallest absolute Gasteiger partial charge is 0.123 e. The van der Waals surface area contributed by atoms with Gasteiger partial charge in [-0.3, -0.25) is 0 Å². The van der Waals surface area contributed by atoms with Crippen molar-refractivity contribution in [2.45, 2.75) is 38.3 Å². The molecule has 1 aliphatic rings. The molecular formula is C15H22FNO2. The van der Waals surface area contributed by atoms with Crippen molar-refractivity contribution in [2.24, 2.45) is 0 Å². The molecule has 0 spiro atoms. The van der Waals surface area contributed by atoms with E-state index in [9.17, 15) is 4.39 Å². The number of hydrogen-bond donors (Lipinski definition) is 1. The molecule has 19 heavy (non-hydrogen) atoms. The van der Waals surface area contributed by atoms with Crippen molar-refractivity contribution < 1.29 is 13.9 Å². The lowest BCUT2D eigenvalue weighted by Crippen LogP contribution is -2.10. The second-order valence-corrected chi connectivity index (χ2v) is 4.91. The average Bonchev–Trinajstić information content (AvgIpc) is 2.90. The third-order valence-electron chi connectivity index (χ3n) is 3.34. The van der Waals surface area contributed by atoms with Crippen molar-refractivity contribution in [3.05, 3.63) is 29.6 Å². The van der Waals surface area contributed by atoms with E-state index in [-0.39, 0.29) is 5.82 Å². The maximum atomic E-state index is 13.2. The molecule has 0 radical (unpaired) electrons. The summed E-state index contributed by atoms with van der Waals surface area (Å²) in [6.45, 7) is 2.16. The van der Waals surface area contributed by atoms with Gasteiger partial charge < -0.3 is 14.8 Å². The Labute approximate surface area is 114 Å². The summed E-state index contributed by atoms with van der Waals surface area (Å²) in [6.07, 6.45) is 4.77. The van der Waals surface area contributed by atoms with E-state index < -0.39 is 0 Å². The van der Waals surface area contributed by atoms with Gasteiger partial charge in [0.2, 0.25) is 0 Å². The van der Waals surface area contributed by atoms with Crippen LogP contribution >= 0.6 is 0 Å². The molecule has 0 aromatic heterocycles. The van der Waals surface area contributed by atoms with E-state index >= 15 is 0 Å². The molecule has 106 valence electrons. The molecule has 3 nitrogen and oxygen atoms in total. The fraction of sp³-hybridized carbons (Fsp3) is 0.600. The Kier molecular flexibility index (Phi) is 5.61. The molecule has 0 bridgehead atoms. The van der Waals surface area contributed by atoms with Crippen LogP contribution in [-0.4, -0.2) is 26.4 Å². The van der Waals surface area contributed by atoms with Crippen molar-refractivity contribution >= 4 is 0 Å². The Morgan fingerprint density at radius 2 is 2.37 bits per heavy atom. The van der Waals surface area contributed by atoms with E-state index in [1.54, 1.807) is 6.07 Å². The van der Waals surface area contributed by atoms with Crippen molar-refractivity contribution in [3.63, 3.8) is 0 Å². The SMILES string of the molecule is CNCc1cc(F)ccc1OCCCC1CCCO1. The summed E-state index contributed by atoms with van der Waals surface area (Å²) in [5.41, 5.74) is 0.861. The average molecular weight is 267 g/mol. The summed E-state index contributed by atoms with van der Waals surface area (Å²) in [6, 6.07) is 4.66. The van der Waals surface area contributed by atoms with Crippen molar-refractivity contribution in [1.29, 1.82) is 0 Å². The summed E-state index contributed by atoms with van der Waals surface area (Å²) in [7, 11) is 1.84. The van der Waals surface area contributed by atoms with Gasteiger partial charge in [-0.1, -0.05) is 0 Å². The van der Waals surface area contributed by atoms with Gasteiger partial charge >= 0.3 is 0 Å². The topological polar surface area (TPSA) is 30.5 Å². The second kappa shape index (κ2) is 7.46. The molecule has 0 amide bonds. The fourth-order valence-corrected chi connectivity index (χ4v) is 2.38. The van der Waals surface area contributed by atoms with Gasteiger partial charge in [0.25, 0.3) is 0 Å². The largest absolute Gasteiger partial charge is 0.493 e. The van der Waals surface area contributed by atoms with Gasteiger partial charge in [-0.05, 0) is 50.9 Å². The third kappa shape index (κ3) is 4.48. The molecule has 1 unspecified atom stereocenters. The molecule has 1 N–H and O–H groups in total. The summed E-state index contributed by atoms with van der Waals surface area (Å²) in [4.78, 5) is 0. The molecule has 0 aliphatic carbocycles. The zero-order valence-corrected chi connectivity index (χ0v) is 11.5. The molecule has 1 aromatic rings. The lowest BCUT2D eigenvalue weighted by molar-refractivity contribution is 0.0981. The monoisotopic (exact) mass is 267 g/mol. The van der Waals surface area contributed by atoms with E-state index in [1.807, 2.05) is 7.05 Å². The number of halogens is 1. The van der Waals surface area contributed by atoms with Crippen molar-refractivity contribution in [1.82, 2.24) is 5.32 Å². The molecule has 0 saturated carbocycles. The van der Waals surface area contributed by atoms with Crippen LogP contribution in [0.15, 0.2) is 18.2 Å². The molecule has 2 rings (SSSR count). The van der Waals surface area contributed by atoms with Crippen LogP contribution in [0.3, 0.4) is 0 Å². The van der Waals surface area contributed by atoms with Gasteiger partial charge in [0, 0.05) is 18.7 Å². The van der Waals surface area contributed by atoms with Crippen LogP contribution in [0.4, 0.5) is 4.39 Å². The number of nitrogens with one attached hydrogen (secondary N) is 1. The zero-order valence-electron chi connectivity index (χ0n) is 11.5. The molecule has 4 heteroatoms. The minimum absolute atomic E-state index is 0.225. The number of ether oxygens (including phenoxy) is 2. The van der Waals surface area contributed by atoms with Gasteiger partial charge in [-0.2, -0.15) is 0 Å². The van der Waals surface area contributed by atoms with Crippen molar-refractivity contribution in [3.8, 4) is 5.75 Å². The van der Waals surface area contributed by atoms with Crippen LogP contribution in [0.5, 0.6) is 5.75 Å². The quantitative estimate of drug-likeness (QED) is 0.771. The molecule has 1 aliphatic heterocycles. The summed E-state index contributed by atoms with van der Waals surface area (Å²) in [5.74, 6) is 0.542. The van der Waals surface area contributed by atoms with Crippen LogP contribution in [0.2, 0.25) is 0 Å². The Bertz CT molecular complexity index is 392. The Morgan fingerprint density at radius 1 is 1.47 bits per heavy atom. The molecule has 1 saturated heterocycles. The van der Waals surface area contributed by atoms with E-state index in [2.05, 4.69) is 5.32 Å². The van der Waals surface area contributed by atoms with Crippen LogP contribution in [0, 0.1) is 5.82 Å². The van der Waals surface area contributed by atoms with Gasteiger partial charge in [0.1, 0.15) is 11.6 Å². The Morgan fingerprint density at radius 3 is 3.11 bits per heavy atom. The summed E-state index contributed by atoms with van der Waals surface area (Å²) in [5, 5.41) is 3.02. The first kappa shape index (κ1) is 14.3. The zero-order chi connectivity index (χ0) is 13.5. The summed E-state index contributed by atoms with van der Waals surface area (Å²) >= 11 is 0. The first-order chi connectivity index (χ1) is 9.29. The second-order valence-electron chi connectivity index (χ2n) is 4.91. The van der Waals surface area contributed by atoms with E-state index in [0.29, 0.717) is 19.3 Å². The minimum Gasteiger partial charge on any atom is -0.493 e. The number of benzene rings is 1. The highest BCUT2D eigenvalue weighted by atomic mass is 19.1. The Hall–Kier alpha value is -1.13. The normalized spacial score (nSPS) is 18.7. The molecule has 1 atom stereocenters. The highest BCUT2D eigenvalue weighted by Gasteiger charge is 2.14. The molecule has 1 heterocycles. The molecule has 1 aromatic carbocycles. The fourth-order valence-electron chi connectivity index (χ4n) is 2.38. The predicted octanol–water partition coefficient (Wildman–Crippen LogP) is 2.88. The van der Waals surface area contributed by atoms with E-state index in [4.69, 9.17) is 9.47 Å². The Balaban J connectivity index is 1.77. The third-order valence-corrected chi connectivity index (χ3v) is 3.34. The summed E-state index contributed by atoms with van der Waals surface area (Å²) < 4.78 is 24.5. The van der Waals surface area contributed by atoms with Crippen LogP contribution in [-0.2, 0) is 11.3 Å². The highest BCUT2D eigenvalue weighted by Crippen LogP contribution is 2.21. The van der Waals surface area contributed by atoms with E-state index in [1.165, 1.54) is 25.0 Å². The molecular weight excluding hydrogens is 245 g/mol. The maximum Gasteiger partial charge on any atom is 0.123 e. The van der Waals surface area contributed by atoms with Gasteiger partial charge in [-0.15, -0.1) is 0 Å². The lowest BCUT2D eigenvalue weighted by Gasteiger charge is -2.13. The highest BCUT2D eigenvalue weighted by molar-refractivity contribution is 5.33. The first-order valence-corrected chi connectivity index (χ1v) is 6.97. The number of rotatable bonds is 7. The predicted molar refractivity (Wildman–Crippen MR) is 72.9 cm³/mol. The van der Waals surface area contributed by atoms with Gasteiger partial charge in [0.15, 0.2) is 0 Å². The van der Waals surface area contributed by atoms with E-state index in [0.717, 1.165) is 30.8 Å². The minimum atomic E-state index is -0.225. The number of hydrogen-bond acceptors (Lipinski definition) is 3. The van der Waals surface area contributed by atoms with Crippen molar-refractivity contribution in [2.75, 3.05) is 20.3 Å². The maximum absolute atomic E-state index is 13.2. The van der Waals surface area contributed by atoms with Crippen LogP contribution in [0.25, 0.3) is 0 Å². The standard InChI is InChI=1S/C15H22FNO2/c1-17-11-12-10-13(16)6-7-15(12)19-9-3-5-14-4-2-8-18-14/h6-7,10,14,17H,2-5,8-9,11H2,1H3. The van der Waals surface area contributed by atoms with Crippen LogP contribution in [0.1, 0.15) is 31.2 Å². The van der Waals surface area contributed by atoms with Gasteiger partial charge in [-0.25, -0.2) is 4.39 Å². The molecule has 1 fully saturated rings. The van der Waals surface area contributed by atoms with Crippen LogP contribution < -0.4 is 10.1 Å². The lowest BCUT2D eigenvalue weighted by atomic mass is 10.1.